The first-order valence-corrected chi connectivity index (χ1v) is 6.74. The van der Waals surface area contributed by atoms with E-state index in [-0.39, 0.29) is 12.1 Å². The lowest BCUT2D eigenvalue weighted by Crippen LogP contribution is -2.36. The van der Waals surface area contributed by atoms with Crippen LogP contribution in [0, 0.1) is 0 Å². The average molecular weight is 281 g/mol. The minimum absolute atomic E-state index is 0.0477. The Kier molecular flexibility index (Phi) is 7.42. The Morgan fingerprint density at radius 3 is 2.90 bits per heavy atom. The lowest BCUT2D eigenvalue weighted by Gasteiger charge is -2.13. The number of nitrogens with zero attached hydrogens (tertiary/aromatic N) is 1. The maximum atomic E-state index is 11.6. The summed E-state index contributed by atoms with van der Waals surface area (Å²) in [7, 11) is 1.64. The molecule has 20 heavy (non-hydrogen) atoms. The molecule has 1 heterocycles. The predicted octanol–water partition coefficient (Wildman–Crippen LogP) is 1.70. The number of pyridine rings is 1. The van der Waals surface area contributed by atoms with Crippen LogP contribution in [0.15, 0.2) is 18.3 Å². The Hall–Kier alpha value is -1.82. The van der Waals surface area contributed by atoms with Crippen LogP contribution < -0.4 is 15.4 Å². The van der Waals surface area contributed by atoms with Crippen LogP contribution in [0.2, 0.25) is 0 Å². The van der Waals surface area contributed by atoms with E-state index in [0.717, 1.165) is 12.0 Å². The van der Waals surface area contributed by atoms with Gasteiger partial charge in [0.25, 0.3) is 0 Å². The van der Waals surface area contributed by atoms with E-state index in [0.29, 0.717) is 25.6 Å². The molecule has 1 rings (SSSR count). The lowest BCUT2D eigenvalue weighted by atomic mass is 10.2. The number of amides is 2. The van der Waals surface area contributed by atoms with Gasteiger partial charge in [-0.25, -0.2) is 9.78 Å². The van der Waals surface area contributed by atoms with Crippen LogP contribution in [0.25, 0.3) is 0 Å². The number of ether oxygens (including phenoxy) is 2. The van der Waals surface area contributed by atoms with Crippen molar-refractivity contribution in [3.63, 3.8) is 0 Å². The van der Waals surface area contributed by atoms with Crippen LogP contribution in [0.5, 0.6) is 5.88 Å². The highest BCUT2D eigenvalue weighted by Gasteiger charge is 2.07. The molecule has 0 aliphatic rings. The Labute approximate surface area is 119 Å². The summed E-state index contributed by atoms with van der Waals surface area (Å²) >= 11 is 0. The lowest BCUT2D eigenvalue weighted by molar-refractivity contribution is 0.193. The molecule has 0 saturated heterocycles. The summed E-state index contributed by atoms with van der Waals surface area (Å²) in [6.07, 6.45) is 2.51. The van der Waals surface area contributed by atoms with Crippen molar-refractivity contribution in [1.82, 2.24) is 15.6 Å². The summed E-state index contributed by atoms with van der Waals surface area (Å²) < 4.78 is 10.5. The zero-order chi connectivity index (χ0) is 14.8. The van der Waals surface area contributed by atoms with Crippen molar-refractivity contribution in [2.24, 2.45) is 0 Å². The summed E-state index contributed by atoms with van der Waals surface area (Å²) in [5, 5.41) is 5.54. The molecule has 112 valence electrons. The van der Waals surface area contributed by atoms with Gasteiger partial charge in [-0.2, -0.15) is 0 Å². The summed E-state index contributed by atoms with van der Waals surface area (Å²) in [5.41, 5.74) is 0.855. The molecular weight excluding hydrogens is 258 g/mol. The number of carbonyl (C=O) groups is 1. The van der Waals surface area contributed by atoms with Crippen LogP contribution >= 0.6 is 0 Å². The highest BCUT2D eigenvalue weighted by atomic mass is 16.5. The second kappa shape index (κ2) is 9.14. The van der Waals surface area contributed by atoms with E-state index in [4.69, 9.17) is 9.47 Å². The Balaban J connectivity index is 2.39. The first-order chi connectivity index (χ1) is 9.63. The SMILES string of the molecule is COCCCNC(=O)NCc1cccnc1OC(C)C. The molecule has 0 saturated carbocycles. The van der Waals surface area contributed by atoms with Crippen molar-refractivity contribution >= 4 is 6.03 Å². The summed E-state index contributed by atoms with van der Waals surface area (Å²) in [6.45, 7) is 5.48. The molecule has 6 nitrogen and oxygen atoms in total. The van der Waals surface area contributed by atoms with Gasteiger partial charge in [0, 0.05) is 38.6 Å². The van der Waals surface area contributed by atoms with Crippen LogP contribution in [-0.2, 0) is 11.3 Å². The van der Waals surface area contributed by atoms with Gasteiger partial charge in [0.1, 0.15) is 0 Å². The Morgan fingerprint density at radius 2 is 2.20 bits per heavy atom. The average Bonchev–Trinajstić information content (AvgIpc) is 2.42. The third kappa shape index (κ3) is 6.38. The molecule has 0 fully saturated rings. The van der Waals surface area contributed by atoms with Crippen molar-refractivity contribution in [2.75, 3.05) is 20.3 Å². The zero-order valence-corrected chi connectivity index (χ0v) is 12.3. The molecule has 6 heteroatoms. The normalized spacial score (nSPS) is 10.4. The largest absolute Gasteiger partial charge is 0.475 e. The van der Waals surface area contributed by atoms with E-state index in [1.54, 1.807) is 13.3 Å². The maximum absolute atomic E-state index is 11.6. The monoisotopic (exact) mass is 281 g/mol. The fraction of sp³-hybridized carbons (Fsp3) is 0.571. The Bertz CT molecular complexity index is 410. The van der Waals surface area contributed by atoms with Crippen LogP contribution in [0.4, 0.5) is 4.79 Å². The molecule has 0 spiro atoms. The van der Waals surface area contributed by atoms with Crippen molar-refractivity contribution in [2.45, 2.75) is 32.9 Å². The molecule has 0 aromatic carbocycles. The second-order valence-corrected chi connectivity index (χ2v) is 4.59. The zero-order valence-electron chi connectivity index (χ0n) is 12.3. The number of carbonyl (C=O) groups excluding carboxylic acids is 1. The van der Waals surface area contributed by atoms with Gasteiger partial charge in [-0.15, -0.1) is 0 Å². The van der Waals surface area contributed by atoms with Crippen LogP contribution in [0.1, 0.15) is 25.8 Å². The van der Waals surface area contributed by atoms with E-state index in [1.807, 2.05) is 26.0 Å². The molecule has 1 aromatic rings. The first-order valence-electron chi connectivity index (χ1n) is 6.74. The standard InChI is InChI=1S/C14H23N3O3/c1-11(2)20-13-12(6-4-7-15-13)10-17-14(18)16-8-5-9-19-3/h4,6-7,11H,5,8-10H2,1-3H3,(H2,16,17,18). The van der Waals surface area contributed by atoms with Crippen molar-refractivity contribution < 1.29 is 14.3 Å². The van der Waals surface area contributed by atoms with Crippen molar-refractivity contribution in [1.29, 1.82) is 0 Å². The van der Waals surface area contributed by atoms with Crippen molar-refractivity contribution in [3.05, 3.63) is 23.9 Å². The third-order valence-electron chi connectivity index (χ3n) is 2.45. The van der Waals surface area contributed by atoms with Gasteiger partial charge in [0.15, 0.2) is 0 Å². The fourth-order valence-corrected chi connectivity index (χ4v) is 1.54. The summed E-state index contributed by atoms with van der Waals surface area (Å²) in [6, 6.07) is 3.50. The minimum atomic E-state index is -0.208. The van der Waals surface area contributed by atoms with Gasteiger partial charge < -0.3 is 20.1 Å². The molecular formula is C14H23N3O3. The molecule has 1 aromatic heterocycles. The minimum Gasteiger partial charge on any atom is -0.475 e. The van der Waals surface area contributed by atoms with Gasteiger partial charge in [0.05, 0.1) is 6.10 Å². The molecule has 2 amide bonds. The second-order valence-electron chi connectivity index (χ2n) is 4.59. The van der Waals surface area contributed by atoms with Gasteiger partial charge >= 0.3 is 6.03 Å². The summed E-state index contributed by atoms with van der Waals surface area (Å²) in [4.78, 5) is 15.8. The summed E-state index contributed by atoms with van der Waals surface area (Å²) in [5.74, 6) is 0.558. The number of methoxy groups -OCH3 is 1. The van der Waals surface area contributed by atoms with E-state index in [9.17, 15) is 4.79 Å². The molecule has 0 aliphatic carbocycles. The van der Waals surface area contributed by atoms with Gasteiger partial charge in [-0.3, -0.25) is 0 Å². The third-order valence-corrected chi connectivity index (χ3v) is 2.45. The number of hydrogen-bond donors (Lipinski definition) is 2. The molecule has 0 radical (unpaired) electrons. The molecule has 0 bridgehead atoms. The first kappa shape index (κ1) is 16.2. The number of hydrogen-bond acceptors (Lipinski definition) is 4. The smallest absolute Gasteiger partial charge is 0.315 e. The van der Waals surface area contributed by atoms with Crippen LogP contribution in [-0.4, -0.2) is 37.4 Å². The quantitative estimate of drug-likeness (QED) is 0.711. The number of aromatic nitrogens is 1. The fourth-order valence-electron chi connectivity index (χ4n) is 1.54. The predicted molar refractivity (Wildman–Crippen MR) is 76.7 cm³/mol. The number of urea groups is 1. The molecule has 2 N–H and O–H groups in total. The van der Waals surface area contributed by atoms with E-state index in [2.05, 4.69) is 15.6 Å². The topological polar surface area (TPSA) is 72.5 Å². The van der Waals surface area contributed by atoms with E-state index >= 15 is 0 Å². The Morgan fingerprint density at radius 1 is 1.40 bits per heavy atom. The highest BCUT2D eigenvalue weighted by Crippen LogP contribution is 2.15. The van der Waals surface area contributed by atoms with Crippen molar-refractivity contribution in [3.8, 4) is 5.88 Å². The maximum Gasteiger partial charge on any atom is 0.315 e. The van der Waals surface area contributed by atoms with Gasteiger partial charge in [-0.1, -0.05) is 6.07 Å². The van der Waals surface area contributed by atoms with Gasteiger partial charge in [-0.05, 0) is 26.3 Å². The number of nitrogens with one attached hydrogen (secondary N) is 2. The molecule has 0 aliphatic heterocycles. The molecule has 0 atom stereocenters. The van der Waals surface area contributed by atoms with E-state index in [1.165, 1.54) is 0 Å². The highest BCUT2D eigenvalue weighted by molar-refractivity contribution is 5.73. The van der Waals surface area contributed by atoms with E-state index < -0.39 is 0 Å². The molecule has 0 unspecified atom stereocenters. The van der Waals surface area contributed by atoms with Crippen LogP contribution in [0.3, 0.4) is 0 Å². The number of rotatable bonds is 8. The van der Waals surface area contributed by atoms with Gasteiger partial charge in [0.2, 0.25) is 5.88 Å².